The van der Waals surface area contributed by atoms with E-state index in [-0.39, 0.29) is 12.5 Å². The van der Waals surface area contributed by atoms with E-state index >= 15 is 0 Å². The second kappa shape index (κ2) is 9.13. The molecule has 2 aromatic heterocycles. The van der Waals surface area contributed by atoms with Gasteiger partial charge in [-0.05, 0) is 42.5 Å². The maximum Gasteiger partial charge on any atom is 0.259 e. The number of pyridine rings is 1. The highest BCUT2D eigenvalue weighted by Gasteiger charge is 2.19. The third-order valence-corrected chi connectivity index (χ3v) is 5.43. The van der Waals surface area contributed by atoms with Gasteiger partial charge in [-0.3, -0.25) is 4.79 Å². The van der Waals surface area contributed by atoms with Crippen LogP contribution in [0.4, 0.5) is 11.5 Å². The van der Waals surface area contributed by atoms with Crippen LogP contribution in [0.3, 0.4) is 0 Å². The van der Waals surface area contributed by atoms with Crippen molar-refractivity contribution in [3.8, 4) is 22.8 Å². The summed E-state index contributed by atoms with van der Waals surface area (Å²) in [6.07, 6.45) is 4.23. The smallest absolute Gasteiger partial charge is 0.259 e. The SMILES string of the molecule is CCCNc1ncc(-c2nc(-c3ccc4c(c3)CCN(C(=O)CN)CC4)no2)cc1N. The molecule has 0 radical (unpaired) electrons. The van der Waals surface area contributed by atoms with E-state index in [1.165, 1.54) is 11.1 Å². The molecule has 1 aromatic carbocycles. The molecule has 3 heterocycles. The summed E-state index contributed by atoms with van der Waals surface area (Å²) < 4.78 is 5.47. The van der Waals surface area contributed by atoms with Gasteiger partial charge < -0.3 is 26.2 Å². The summed E-state index contributed by atoms with van der Waals surface area (Å²) in [6.45, 7) is 4.27. The van der Waals surface area contributed by atoms with E-state index in [4.69, 9.17) is 16.0 Å². The fraction of sp³-hybridized carbons (Fsp3) is 0.364. The average molecular weight is 422 g/mol. The van der Waals surface area contributed by atoms with E-state index < -0.39 is 0 Å². The number of hydrogen-bond acceptors (Lipinski definition) is 8. The van der Waals surface area contributed by atoms with Crippen molar-refractivity contribution in [1.29, 1.82) is 0 Å². The molecule has 4 rings (SSSR count). The average Bonchev–Trinajstić information content (AvgIpc) is 3.19. The van der Waals surface area contributed by atoms with Crippen LogP contribution in [0, 0.1) is 0 Å². The Morgan fingerprint density at radius 3 is 2.74 bits per heavy atom. The highest BCUT2D eigenvalue weighted by Crippen LogP contribution is 2.27. The Morgan fingerprint density at radius 1 is 1.19 bits per heavy atom. The molecule has 9 nitrogen and oxygen atoms in total. The van der Waals surface area contributed by atoms with Gasteiger partial charge in [0.05, 0.1) is 17.8 Å². The van der Waals surface area contributed by atoms with Crippen molar-refractivity contribution in [2.75, 3.05) is 37.2 Å². The lowest BCUT2D eigenvalue weighted by molar-refractivity contribution is -0.129. The molecular weight excluding hydrogens is 394 g/mol. The minimum absolute atomic E-state index is 0.0142. The normalized spacial score (nSPS) is 13.5. The van der Waals surface area contributed by atoms with Gasteiger partial charge in [-0.15, -0.1) is 0 Å². The molecule has 1 amide bonds. The number of carbonyl (C=O) groups excluding carboxylic acids is 1. The molecule has 0 saturated carbocycles. The summed E-state index contributed by atoms with van der Waals surface area (Å²) in [4.78, 5) is 22.7. The molecule has 0 aliphatic carbocycles. The maximum absolute atomic E-state index is 11.9. The third kappa shape index (κ3) is 4.51. The van der Waals surface area contributed by atoms with Gasteiger partial charge in [0, 0.05) is 31.4 Å². The van der Waals surface area contributed by atoms with E-state index in [1.807, 2.05) is 11.0 Å². The number of aromatic nitrogens is 3. The topological polar surface area (TPSA) is 136 Å². The number of nitrogens with zero attached hydrogens (tertiary/aromatic N) is 4. The van der Waals surface area contributed by atoms with E-state index in [2.05, 4.69) is 39.5 Å². The van der Waals surface area contributed by atoms with Crippen molar-refractivity contribution in [2.24, 2.45) is 5.73 Å². The van der Waals surface area contributed by atoms with E-state index in [1.54, 1.807) is 12.3 Å². The molecule has 1 aliphatic rings. The van der Waals surface area contributed by atoms with E-state index in [9.17, 15) is 4.79 Å². The number of nitrogen functional groups attached to an aromatic ring is 1. The minimum atomic E-state index is -0.0142. The van der Waals surface area contributed by atoms with Crippen molar-refractivity contribution in [2.45, 2.75) is 26.2 Å². The van der Waals surface area contributed by atoms with Gasteiger partial charge in [-0.1, -0.05) is 24.2 Å². The molecule has 0 unspecified atom stereocenters. The monoisotopic (exact) mass is 421 g/mol. The zero-order valence-corrected chi connectivity index (χ0v) is 17.6. The second-order valence-electron chi connectivity index (χ2n) is 7.58. The van der Waals surface area contributed by atoms with Gasteiger partial charge in [0.25, 0.3) is 5.89 Å². The maximum atomic E-state index is 11.9. The summed E-state index contributed by atoms with van der Waals surface area (Å²) in [6, 6.07) is 7.91. The first-order valence-corrected chi connectivity index (χ1v) is 10.5. The third-order valence-electron chi connectivity index (χ3n) is 5.43. The van der Waals surface area contributed by atoms with Crippen LogP contribution >= 0.6 is 0 Å². The van der Waals surface area contributed by atoms with Gasteiger partial charge >= 0.3 is 0 Å². The highest BCUT2D eigenvalue weighted by atomic mass is 16.5. The van der Waals surface area contributed by atoms with E-state index in [0.29, 0.717) is 41.9 Å². The number of nitrogens with two attached hydrogens (primary N) is 2. The largest absolute Gasteiger partial charge is 0.396 e. The first-order valence-electron chi connectivity index (χ1n) is 10.5. The van der Waals surface area contributed by atoms with Crippen molar-refractivity contribution < 1.29 is 9.32 Å². The molecule has 0 saturated heterocycles. The Labute approximate surface area is 180 Å². The van der Waals surface area contributed by atoms with Gasteiger partial charge in [0.1, 0.15) is 5.82 Å². The number of carbonyl (C=O) groups is 1. The first-order chi connectivity index (χ1) is 15.1. The van der Waals surface area contributed by atoms with Crippen LogP contribution in [0.15, 0.2) is 35.0 Å². The number of rotatable bonds is 6. The number of anilines is 2. The Hall–Kier alpha value is -3.46. The molecule has 0 atom stereocenters. The number of nitrogens with one attached hydrogen (secondary N) is 1. The molecule has 5 N–H and O–H groups in total. The van der Waals surface area contributed by atoms with Crippen LogP contribution < -0.4 is 16.8 Å². The number of hydrogen-bond donors (Lipinski definition) is 3. The Balaban J connectivity index is 1.53. The fourth-order valence-electron chi connectivity index (χ4n) is 3.69. The van der Waals surface area contributed by atoms with Crippen LogP contribution in [0.25, 0.3) is 22.8 Å². The Bertz CT molecular complexity index is 1080. The van der Waals surface area contributed by atoms with Crippen molar-refractivity contribution >= 4 is 17.4 Å². The highest BCUT2D eigenvalue weighted by molar-refractivity contribution is 5.78. The van der Waals surface area contributed by atoms with Gasteiger partial charge in [0.2, 0.25) is 11.7 Å². The van der Waals surface area contributed by atoms with Gasteiger partial charge in [-0.2, -0.15) is 4.98 Å². The molecule has 0 spiro atoms. The molecule has 162 valence electrons. The number of amides is 1. The van der Waals surface area contributed by atoms with Crippen LogP contribution in [-0.2, 0) is 17.6 Å². The van der Waals surface area contributed by atoms with Crippen LogP contribution in [0.2, 0.25) is 0 Å². The standard InChI is InChI=1S/C22H27N7O2/c1-2-7-25-21-18(24)11-17(13-26-21)22-27-20(28-31-22)16-4-3-14-5-8-29(19(30)12-23)9-6-15(14)10-16/h3-4,10-11,13H,2,5-9,12,23-24H2,1H3,(H,25,26). The number of fused-ring (bicyclic) bond motifs is 1. The Morgan fingerprint density at radius 2 is 2.00 bits per heavy atom. The molecule has 1 aliphatic heterocycles. The molecule has 31 heavy (non-hydrogen) atoms. The zero-order valence-electron chi connectivity index (χ0n) is 17.6. The molecule has 3 aromatic rings. The predicted octanol–water partition coefficient (Wildman–Crippen LogP) is 2.09. The first kappa shape index (κ1) is 20.8. The molecule has 9 heteroatoms. The lowest BCUT2D eigenvalue weighted by Crippen LogP contribution is -2.37. The minimum Gasteiger partial charge on any atom is -0.396 e. The van der Waals surface area contributed by atoms with Crippen molar-refractivity contribution in [3.05, 3.63) is 41.6 Å². The zero-order chi connectivity index (χ0) is 21.8. The second-order valence-corrected chi connectivity index (χ2v) is 7.58. The predicted molar refractivity (Wildman–Crippen MR) is 119 cm³/mol. The van der Waals surface area contributed by atoms with Crippen molar-refractivity contribution in [3.63, 3.8) is 0 Å². The summed E-state index contributed by atoms with van der Waals surface area (Å²) >= 11 is 0. The Kier molecular flexibility index (Phi) is 6.13. The molecular formula is C22H27N7O2. The quantitative estimate of drug-likeness (QED) is 0.550. The summed E-state index contributed by atoms with van der Waals surface area (Å²) in [7, 11) is 0. The fourth-order valence-corrected chi connectivity index (χ4v) is 3.69. The van der Waals surface area contributed by atoms with Crippen LogP contribution in [0.1, 0.15) is 24.5 Å². The summed E-state index contributed by atoms with van der Waals surface area (Å²) in [5.74, 6) is 1.51. The van der Waals surface area contributed by atoms with Gasteiger partial charge in [-0.25, -0.2) is 4.98 Å². The molecule has 0 bridgehead atoms. The van der Waals surface area contributed by atoms with Gasteiger partial charge in [0.15, 0.2) is 0 Å². The van der Waals surface area contributed by atoms with Crippen LogP contribution in [-0.4, -0.2) is 52.1 Å². The summed E-state index contributed by atoms with van der Waals surface area (Å²) in [5, 5.41) is 7.33. The lowest BCUT2D eigenvalue weighted by Gasteiger charge is -2.18. The summed E-state index contributed by atoms with van der Waals surface area (Å²) in [5.41, 5.74) is 16.1. The van der Waals surface area contributed by atoms with Crippen molar-refractivity contribution in [1.82, 2.24) is 20.0 Å². The van der Waals surface area contributed by atoms with E-state index in [0.717, 1.165) is 31.4 Å². The lowest BCUT2D eigenvalue weighted by atomic mass is 10.00. The van der Waals surface area contributed by atoms with Crippen LogP contribution in [0.5, 0.6) is 0 Å². The molecule has 0 fully saturated rings. The number of benzene rings is 1.